The number of amides is 2. The first-order valence-corrected chi connectivity index (χ1v) is 6.10. The lowest BCUT2D eigenvalue weighted by molar-refractivity contribution is -0.147. The highest BCUT2D eigenvalue weighted by atomic mass is 16.4. The lowest BCUT2D eigenvalue weighted by atomic mass is 9.96. The second kappa shape index (κ2) is 7.73. The van der Waals surface area contributed by atoms with Crippen LogP contribution in [0, 0.1) is 5.41 Å². The number of carbonyl (C=O) groups excluding carboxylic acids is 2. The summed E-state index contributed by atoms with van der Waals surface area (Å²) in [5.74, 6) is -1.75. The van der Waals surface area contributed by atoms with Crippen molar-refractivity contribution in [3.63, 3.8) is 0 Å². The predicted octanol–water partition coefficient (Wildman–Crippen LogP) is -0.509. The molecule has 19 heavy (non-hydrogen) atoms. The molecule has 0 saturated carbocycles. The zero-order chi connectivity index (χ0) is 15.1. The lowest BCUT2D eigenvalue weighted by Gasteiger charge is -2.17. The van der Waals surface area contributed by atoms with Crippen molar-refractivity contribution in [1.82, 2.24) is 10.6 Å². The first-order chi connectivity index (χ1) is 8.64. The van der Waals surface area contributed by atoms with E-state index in [9.17, 15) is 14.4 Å². The maximum absolute atomic E-state index is 11.5. The highest BCUT2D eigenvalue weighted by Gasteiger charge is 2.20. The number of aliphatic carboxylic acids is 1. The largest absolute Gasteiger partial charge is 0.479 e. The fourth-order valence-electron chi connectivity index (χ4n) is 1.11. The van der Waals surface area contributed by atoms with Crippen LogP contribution in [0.25, 0.3) is 0 Å². The standard InChI is InChI=1S/C12H22N2O5/c1-12(2,3)11(19)14-7-5-9(16)13-6-4-8(15)10(17)18/h8,15H,4-7H2,1-3H3,(H,13,16)(H,14,19)(H,17,18)/t8-/m0/s1. The van der Waals surface area contributed by atoms with Crippen LogP contribution in [0.5, 0.6) is 0 Å². The average Bonchev–Trinajstić information content (AvgIpc) is 2.27. The van der Waals surface area contributed by atoms with Crippen molar-refractivity contribution < 1.29 is 24.6 Å². The Morgan fingerprint density at radius 1 is 1.11 bits per heavy atom. The molecule has 0 unspecified atom stereocenters. The number of aliphatic hydroxyl groups excluding tert-OH is 1. The van der Waals surface area contributed by atoms with Gasteiger partial charge in [0.05, 0.1) is 0 Å². The Labute approximate surface area is 112 Å². The lowest BCUT2D eigenvalue weighted by Crippen LogP contribution is -2.37. The smallest absolute Gasteiger partial charge is 0.332 e. The molecule has 0 aliphatic heterocycles. The van der Waals surface area contributed by atoms with E-state index < -0.39 is 17.5 Å². The summed E-state index contributed by atoms with van der Waals surface area (Å²) in [5, 5.41) is 22.5. The van der Waals surface area contributed by atoms with E-state index in [2.05, 4.69) is 10.6 Å². The van der Waals surface area contributed by atoms with E-state index in [4.69, 9.17) is 10.2 Å². The van der Waals surface area contributed by atoms with Gasteiger partial charge in [-0.05, 0) is 0 Å². The van der Waals surface area contributed by atoms with Gasteiger partial charge in [-0.1, -0.05) is 20.8 Å². The summed E-state index contributed by atoms with van der Waals surface area (Å²) < 4.78 is 0. The van der Waals surface area contributed by atoms with Gasteiger partial charge < -0.3 is 20.8 Å². The molecule has 0 aliphatic rings. The summed E-state index contributed by atoms with van der Waals surface area (Å²) in [5.41, 5.74) is -0.498. The van der Waals surface area contributed by atoms with Crippen LogP contribution < -0.4 is 10.6 Å². The predicted molar refractivity (Wildman–Crippen MR) is 68.4 cm³/mol. The summed E-state index contributed by atoms with van der Waals surface area (Å²) >= 11 is 0. The third kappa shape index (κ3) is 8.15. The van der Waals surface area contributed by atoms with Gasteiger partial charge in [0.25, 0.3) is 0 Å². The number of hydrogen-bond acceptors (Lipinski definition) is 4. The van der Waals surface area contributed by atoms with Gasteiger partial charge in [-0.25, -0.2) is 4.79 Å². The van der Waals surface area contributed by atoms with E-state index in [1.807, 2.05) is 0 Å². The first kappa shape index (κ1) is 17.4. The van der Waals surface area contributed by atoms with Crippen molar-refractivity contribution in [1.29, 1.82) is 0 Å². The number of carboxylic acids is 1. The zero-order valence-corrected chi connectivity index (χ0v) is 11.5. The SMILES string of the molecule is CC(C)(C)C(=O)NCCC(=O)NCC[C@H](O)C(=O)O. The highest BCUT2D eigenvalue weighted by Crippen LogP contribution is 2.11. The van der Waals surface area contributed by atoms with Gasteiger partial charge in [-0.15, -0.1) is 0 Å². The Hall–Kier alpha value is -1.63. The molecular weight excluding hydrogens is 252 g/mol. The second-order valence-corrected chi connectivity index (χ2v) is 5.25. The third-order valence-corrected chi connectivity index (χ3v) is 2.34. The molecule has 0 aliphatic carbocycles. The Morgan fingerprint density at radius 3 is 2.16 bits per heavy atom. The quantitative estimate of drug-likeness (QED) is 0.499. The van der Waals surface area contributed by atoms with Crippen LogP contribution in [0.3, 0.4) is 0 Å². The van der Waals surface area contributed by atoms with Crippen molar-refractivity contribution in [3.05, 3.63) is 0 Å². The van der Waals surface area contributed by atoms with Crippen molar-refractivity contribution in [2.75, 3.05) is 13.1 Å². The molecule has 0 rings (SSSR count). The van der Waals surface area contributed by atoms with E-state index in [-0.39, 0.29) is 37.7 Å². The minimum atomic E-state index is -1.47. The van der Waals surface area contributed by atoms with Crippen molar-refractivity contribution in [3.8, 4) is 0 Å². The number of carboxylic acid groups (broad SMARTS) is 1. The van der Waals surface area contributed by atoms with E-state index in [1.165, 1.54) is 0 Å². The molecule has 1 atom stereocenters. The van der Waals surface area contributed by atoms with Crippen molar-refractivity contribution >= 4 is 17.8 Å². The molecule has 2 amide bonds. The minimum Gasteiger partial charge on any atom is -0.479 e. The molecule has 4 N–H and O–H groups in total. The first-order valence-electron chi connectivity index (χ1n) is 6.10. The molecule has 7 heteroatoms. The van der Waals surface area contributed by atoms with E-state index in [1.54, 1.807) is 20.8 Å². The molecule has 0 fully saturated rings. The molecule has 0 bridgehead atoms. The van der Waals surface area contributed by atoms with Gasteiger partial charge in [-0.2, -0.15) is 0 Å². The normalized spacial score (nSPS) is 12.6. The average molecular weight is 274 g/mol. The third-order valence-electron chi connectivity index (χ3n) is 2.34. The van der Waals surface area contributed by atoms with Crippen molar-refractivity contribution in [2.24, 2.45) is 5.41 Å². The van der Waals surface area contributed by atoms with Crippen LogP contribution in [0.4, 0.5) is 0 Å². The molecule has 0 radical (unpaired) electrons. The number of aliphatic hydroxyl groups is 1. The molecule has 110 valence electrons. The molecule has 0 aromatic heterocycles. The molecular formula is C12H22N2O5. The van der Waals surface area contributed by atoms with Crippen LogP contribution in [-0.4, -0.2) is 47.2 Å². The molecule has 0 saturated heterocycles. The Balaban J connectivity index is 3.72. The molecule has 0 spiro atoms. The van der Waals surface area contributed by atoms with Gasteiger partial charge in [-0.3, -0.25) is 9.59 Å². The number of rotatable bonds is 7. The summed E-state index contributed by atoms with van der Waals surface area (Å²) in [6, 6.07) is 0. The maximum atomic E-state index is 11.5. The summed E-state index contributed by atoms with van der Waals surface area (Å²) in [6.07, 6.45) is -1.40. The van der Waals surface area contributed by atoms with Crippen LogP contribution in [0.15, 0.2) is 0 Å². The fourth-order valence-corrected chi connectivity index (χ4v) is 1.11. The van der Waals surface area contributed by atoms with E-state index in [0.29, 0.717) is 0 Å². The van der Waals surface area contributed by atoms with Crippen LogP contribution >= 0.6 is 0 Å². The van der Waals surface area contributed by atoms with Gasteiger partial charge in [0.2, 0.25) is 11.8 Å². The molecule has 7 nitrogen and oxygen atoms in total. The number of nitrogens with one attached hydrogen (secondary N) is 2. The molecule has 0 aromatic carbocycles. The second-order valence-electron chi connectivity index (χ2n) is 5.25. The summed E-state index contributed by atoms with van der Waals surface area (Å²) in [4.78, 5) is 33.1. The monoisotopic (exact) mass is 274 g/mol. The topological polar surface area (TPSA) is 116 Å². The number of hydrogen-bond donors (Lipinski definition) is 4. The highest BCUT2D eigenvalue weighted by molar-refractivity contribution is 5.82. The fraction of sp³-hybridized carbons (Fsp3) is 0.750. The minimum absolute atomic E-state index is 0.0462. The molecule has 0 heterocycles. The van der Waals surface area contributed by atoms with Gasteiger partial charge in [0.15, 0.2) is 6.10 Å². The number of carbonyl (C=O) groups is 3. The summed E-state index contributed by atoms with van der Waals surface area (Å²) in [6.45, 7) is 5.63. The van der Waals surface area contributed by atoms with Crippen LogP contribution in [0.1, 0.15) is 33.6 Å². The Morgan fingerprint density at radius 2 is 1.68 bits per heavy atom. The Bertz CT molecular complexity index is 336. The van der Waals surface area contributed by atoms with E-state index >= 15 is 0 Å². The molecule has 0 aromatic rings. The van der Waals surface area contributed by atoms with Crippen LogP contribution in [-0.2, 0) is 14.4 Å². The Kier molecular flexibility index (Phi) is 7.06. The van der Waals surface area contributed by atoms with Crippen LogP contribution in [0.2, 0.25) is 0 Å². The summed E-state index contributed by atoms with van der Waals surface area (Å²) in [7, 11) is 0. The van der Waals surface area contributed by atoms with Crippen molar-refractivity contribution in [2.45, 2.75) is 39.7 Å². The van der Waals surface area contributed by atoms with Gasteiger partial charge in [0.1, 0.15) is 0 Å². The van der Waals surface area contributed by atoms with Gasteiger partial charge in [0, 0.05) is 31.3 Å². The zero-order valence-electron chi connectivity index (χ0n) is 11.5. The maximum Gasteiger partial charge on any atom is 0.332 e. The van der Waals surface area contributed by atoms with E-state index in [0.717, 1.165) is 0 Å². The van der Waals surface area contributed by atoms with Gasteiger partial charge >= 0.3 is 5.97 Å².